The number of ether oxygens (including phenoxy) is 1. The molecule has 2 aliphatic carbocycles. The molecule has 2 heteroatoms. The topological polar surface area (TPSA) is 35.2 Å². The summed E-state index contributed by atoms with van der Waals surface area (Å²) >= 11 is 0. The molecule has 2 atom stereocenters. The van der Waals surface area contributed by atoms with Gasteiger partial charge in [0, 0.05) is 12.5 Å². The molecule has 1 saturated carbocycles. The van der Waals surface area contributed by atoms with Gasteiger partial charge in [-0.2, -0.15) is 0 Å². The molecule has 1 fully saturated rings. The van der Waals surface area contributed by atoms with E-state index in [9.17, 15) is 0 Å². The first-order chi connectivity index (χ1) is 11.4. The van der Waals surface area contributed by atoms with Crippen molar-refractivity contribution in [1.29, 1.82) is 0 Å². The van der Waals surface area contributed by atoms with Gasteiger partial charge in [0.1, 0.15) is 0 Å². The SMILES string of the molecule is NCCCOC1c2cccc3cccc(c23)C1C1CCCCC1. The Morgan fingerprint density at radius 1 is 0.957 bits per heavy atom. The molecule has 0 aliphatic heterocycles. The van der Waals surface area contributed by atoms with Gasteiger partial charge in [0.25, 0.3) is 0 Å². The van der Waals surface area contributed by atoms with Crippen LogP contribution in [0.5, 0.6) is 0 Å². The van der Waals surface area contributed by atoms with Gasteiger partial charge in [-0.1, -0.05) is 55.7 Å². The molecular weight excluding hydrogens is 282 g/mol. The van der Waals surface area contributed by atoms with Crippen molar-refractivity contribution in [3.8, 4) is 0 Å². The fourth-order valence-corrected chi connectivity index (χ4v) is 4.75. The number of hydrogen-bond donors (Lipinski definition) is 1. The first-order valence-electron chi connectivity index (χ1n) is 9.23. The highest BCUT2D eigenvalue weighted by molar-refractivity contribution is 5.92. The molecule has 122 valence electrons. The maximum Gasteiger partial charge on any atom is 0.0902 e. The number of benzene rings is 2. The quantitative estimate of drug-likeness (QED) is 0.795. The zero-order valence-corrected chi connectivity index (χ0v) is 13.8. The Kier molecular flexibility index (Phi) is 4.37. The van der Waals surface area contributed by atoms with E-state index in [1.54, 1.807) is 0 Å². The van der Waals surface area contributed by atoms with Crippen molar-refractivity contribution in [2.45, 2.75) is 50.5 Å². The first-order valence-corrected chi connectivity index (χ1v) is 9.23. The van der Waals surface area contributed by atoms with Crippen LogP contribution in [-0.2, 0) is 4.74 Å². The van der Waals surface area contributed by atoms with E-state index in [1.807, 2.05) is 0 Å². The van der Waals surface area contributed by atoms with Crippen LogP contribution in [0.2, 0.25) is 0 Å². The Labute approximate surface area is 139 Å². The minimum atomic E-state index is 0.228. The van der Waals surface area contributed by atoms with E-state index in [0.717, 1.165) is 18.9 Å². The molecule has 2 aromatic carbocycles. The Balaban J connectivity index is 1.74. The average Bonchev–Trinajstić information content (AvgIpc) is 2.92. The smallest absolute Gasteiger partial charge is 0.0902 e. The van der Waals surface area contributed by atoms with Crippen molar-refractivity contribution < 1.29 is 4.74 Å². The third-order valence-electron chi connectivity index (χ3n) is 5.76. The van der Waals surface area contributed by atoms with Crippen LogP contribution >= 0.6 is 0 Å². The summed E-state index contributed by atoms with van der Waals surface area (Å²) in [7, 11) is 0. The van der Waals surface area contributed by atoms with Gasteiger partial charge in [0.2, 0.25) is 0 Å². The molecule has 2 aromatic rings. The van der Waals surface area contributed by atoms with E-state index in [4.69, 9.17) is 10.5 Å². The average molecular weight is 309 g/mol. The molecule has 0 bridgehead atoms. The summed E-state index contributed by atoms with van der Waals surface area (Å²) in [6.07, 6.45) is 8.04. The van der Waals surface area contributed by atoms with Crippen molar-refractivity contribution >= 4 is 10.8 Å². The molecule has 0 amide bonds. The lowest BCUT2D eigenvalue weighted by Gasteiger charge is -2.33. The molecule has 0 saturated heterocycles. The lowest BCUT2D eigenvalue weighted by molar-refractivity contribution is 0.0174. The van der Waals surface area contributed by atoms with Crippen molar-refractivity contribution in [3.63, 3.8) is 0 Å². The zero-order valence-electron chi connectivity index (χ0n) is 13.8. The number of nitrogens with two attached hydrogens (primary N) is 1. The van der Waals surface area contributed by atoms with Gasteiger partial charge in [0.05, 0.1) is 6.10 Å². The van der Waals surface area contributed by atoms with Gasteiger partial charge in [-0.05, 0) is 53.6 Å². The lowest BCUT2D eigenvalue weighted by Crippen LogP contribution is -2.22. The van der Waals surface area contributed by atoms with Crippen molar-refractivity contribution in [2.75, 3.05) is 13.2 Å². The first kappa shape index (κ1) is 15.2. The highest BCUT2D eigenvalue weighted by Crippen LogP contribution is 2.53. The maximum absolute atomic E-state index is 6.40. The van der Waals surface area contributed by atoms with Crippen molar-refractivity contribution in [1.82, 2.24) is 0 Å². The highest BCUT2D eigenvalue weighted by Gasteiger charge is 2.39. The summed E-state index contributed by atoms with van der Waals surface area (Å²) in [5, 5.41) is 2.83. The third kappa shape index (κ3) is 2.68. The van der Waals surface area contributed by atoms with Crippen LogP contribution in [-0.4, -0.2) is 13.2 Å². The fraction of sp³-hybridized carbons (Fsp3) is 0.524. The minimum Gasteiger partial charge on any atom is -0.373 e. The second-order valence-electron chi connectivity index (χ2n) is 7.15. The summed E-state index contributed by atoms with van der Waals surface area (Å²) in [4.78, 5) is 0. The molecule has 0 aromatic heterocycles. The van der Waals surface area contributed by atoms with E-state index in [0.29, 0.717) is 12.5 Å². The van der Waals surface area contributed by atoms with Gasteiger partial charge >= 0.3 is 0 Å². The molecule has 23 heavy (non-hydrogen) atoms. The van der Waals surface area contributed by atoms with Crippen LogP contribution in [0.25, 0.3) is 10.8 Å². The van der Waals surface area contributed by atoms with E-state index in [1.165, 1.54) is 54.0 Å². The van der Waals surface area contributed by atoms with Gasteiger partial charge in [-0.3, -0.25) is 0 Å². The molecular formula is C21H27NO. The van der Waals surface area contributed by atoms with E-state index >= 15 is 0 Å². The molecule has 2 unspecified atom stereocenters. The summed E-state index contributed by atoms with van der Waals surface area (Å²) < 4.78 is 6.40. The molecule has 0 radical (unpaired) electrons. The van der Waals surface area contributed by atoms with Gasteiger partial charge < -0.3 is 10.5 Å². The Morgan fingerprint density at radius 2 is 1.70 bits per heavy atom. The Bertz CT molecular complexity index is 669. The molecule has 4 rings (SSSR count). The lowest BCUT2D eigenvalue weighted by atomic mass is 9.76. The summed E-state index contributed by atoms with van der Waals surface area (Å²) in [6.45, 7) is 1.48. The van der Waals surface area contributed by atoms with Gasteiger partial charge in [-0.25, -0.2) is 0 Å². The molecule has 2 nitrogen and oxygen atoms in total. The molecule has 2 aliphatic rings. The van der Waals surface area contributed by atoms with Crippen molar-refractivity contribution in [3.05, 3.63) is 47.5 Å². The third-order valence-corrected chi connectivity index (χ3v) is 5.76. The van der Waals surface area contributed by atoms with E-state index in [2.05, 4.69) is 36.4 Å². The van der Waals surface area contributed by atoms with Gasteiger partial charge in [0.15, 0.2) is 0 Å². The van der Waals surface area contributed by atoms with E-state index in [-0.39, 0.29) is 6.10 Å². The van der Waals surface area contributed by atoms with Crippen LogP contribution in [0.15, 0.2) is 36.4 Å². The van der Waals surface area contributed by atoms with Gasteiger partial charge in [-0.15, -0.1) is 0 Å². The maximum atomic E-state index is 6.40. The number of rotatable bonds is 5. The highest BCUT2D eigenvalue weighted by atomic mass is 16.5. The Hall–Kier alpha value is -1.38. The van der Waals surface area contributed by atoms with Crippen molar-refractivity contribution in [2.24, 2.45) is 11.7 Å². The second kappa shape index (κ2) is 6.62. The normalized spacial score (nSPS) is 24.4. The van der Waals surface area contributed by atoms with Crippen LogP contribution in [0.1, 0.15) is 61.7 Å². The summed E-state index contributed by atoms with van der Waals surface area (Å²) in [5.74, 6) is 1.30. The van der Waals surface area contributed by atoms with Crippen LogP contribution < -0.4 is 5.73 Å². The summed E-state index contributed by atoms with van der Waals surface area (Å²) in [6, 6.07) is 13.5. The monoisotopic (exact) mass is 309 g/mol. The predicted octanol–water partition coefficient (Wildman–Crippen LogP) is 4.92. The second-order valence-corrected chi connectivity index (χ2v) is 7.15. The number of hydrogen-bond acceptors (Lipinski definition) is 2. The molecule has 2 N–H and O–H groups in total. The largest absolute Gasteiger partial charge is 0.373 e. The van der Waals surface area contributed by atoms with E-state index < -0.39 is 0 Å². The van der Waals surface area contributed by atoms with Crippen LogP contribution in [0, 0.1) is 5.92 Å². The van der Waals surface area contributed by atoms with Crippen LogP contribution in [0.4, 0.5) is 0 Å². The van der Waals surface area contributed by atoms with Crippen LogP contribution in [0.3, 0.4) is 0 Å². The zero-order chi connectivity index (χ0) is 15.6. The fourth-order valence-electron chi connectivity index (χ4n) is 4.75. The summed E-state index contributed by atoms with van der Waals surface area (Å²) in [5.41, 5.74) is 8.61. The molecule has 0 spiro atoms. The Morgan fingerprint density at radius 3 is 2.43 bits per heavy atom. The minimum absolute atomic E-state index is 0.228. The molecule has 0 heterocycles. The standard InChI is InChI=1S/C21H27NO/c22-13-6-14-23-21-18-12-5-10-15-9-4-11-17(19(15)18)20(21)16-7-2-1-3-8-16/h4-5,9-12,16,20-21H,1-3,6-8,13-14,22H2. The predicted molar refractivity (Wildman–Crippen MR) is 95.6 cm³/mol.